The van der Waals surface area contributed by atoms with Crippen molar-refractivity contribution in [3.05, 3.63) is 58.3 Å². The summed E-state index contributed by atoms with van der Waals surface area (Å²) >= 11 is 3.39. The molecule has 0 aliphatic carbocycles. The van der Waals surface area contributed by atoms with E-state index in [9.17, 15) is 4.79 Å². The number of hydrogen-bond donors (Lipinski definition) is 1. The third kappa shape index (κ3) is 3.91. The Kier molecular flexibility index (Phi) is 5.12. The standard InChI is InChI=1S/C17H19BrN2O/c1-4-14-6-5-12(2)20(11-14)13(3)17(21)19-16-9-7-15(18)8-10-16/h5-11,13H,4H2,1-3H3/p+1/t13-/m1/s1. The highest BCUT2D eigenvalue weighted by molar-refractivity contribution is 9.10. The number of anilines is 1. The molecule has 0 radical (unpaired) electrons. The van der Waals surface area contributed by atoms with Crippen LogP contribution in [0.2, 0.25) is 0 Å². The van der Waals surface area contributed by atoms with Crippen LogP contribution in [0.15, 0.2) is 47.1 Å². The zero-order valence-corrected chi connectivity index (χ0v) is 14.1. The lowest BCUT2D eigenvalue weighted by molar-refractivity contribution is -0.711. The van der Waals surface area contributed by atoms with Crippen molar-refractivity contribution in [2.75, 3.05) is 5.32 Å². The number of rotatable bonds is 4. The number of aryl methyl sites for hydroxylation is 2. The molecule has 1 aromatic heterocycles. The van der Waals surface area contributed by atoms with Crippen molar-refractivity contribution in [2.24, 2.45) is 0 Å². The molecule has 1 aromatic carbocycles. The van der Waals surface area contributed by atoms with Crippen LogP contribution in [0.25, 0.3) is 0 Å². The molecule has 0 aliphatic rings. The van der Waals surface area contributed by atoms with Crippen LogP contribution in [-0.2, 0) is 11.2 Å². The van der Waals surface area contributed by atoms with Crippen LogP contribution in [0.4, 0.5) is 5.69 Å². The molecule has 1 N–H and O–H groups in total. The van der Waals surface area contributed by atoms with Gasteiger partial charge in [0.05, 0.1) is 0 Å². The number of pyridine rings is 1. The summed E-state index contributed by atoms with van der Waals surface area (Å²) in [6, 6.07) is 11.5. The van der Waals surface area contributed by atoms with Crippen molar-refractivity contribution in [1.82, 2.24) is 0 Å². The molecule has 1 amide bonds. The predicted molar refractivity (Wildman–Crippen MR) is 88.2 cm³/mol. The lowest BCUT2D eigenvalue weighted by Gasteiger charge is -2.11. The fourth-order valence-electron chi connectivity index (χ4n) is 2.17. The van der Waals surface area contributed by atoms with Crippen LogP contribution in [0.3, 0.4) is 0 Å². The van der Waals surface area contributed by atoms with E-state index in [4.69, 9.17) is 0 Å². The minimum Gasteiger partial charge on any atom is -0.320 e. The third-order valence-electron chi connectivity index (χ3n) is 3.57. The summed E-state index contributed by atoms with van der Waals surface area (Å²) < 4.78 is 3.02. The van der Waals surface area contributed by atoms with Gasteiger partial charge in [0.1, 0.15) is 0 Å². The second kappa shape index (κ2) is 6.85. The van der Waals surface area contributed by atoms with Crippen LogP contribution in [0, 0.1) is 6.92 Å². The number of nitrogens with one attached hydrogen (secondary N) is 1. The minimum atomic E-state index is -0.250. The molecular formula is C17H20BrN2O+. The first kappa shape index (κ1) is 15.7. The number of nitrogens with zero attached hydrogens (tertiary/aromatic N) is 1. The maximum Gasteiger partial charge on any atom is 0.293 e. The quantitative estimate of drug-likeness (QED) is 0.838. The summed E-state index contributed by atoms with van der Waals surface area (Å²) in [6.07, 6.45) is 3.02. The fourth-order valence-corrected chi connectivity index (χ4v) is 2.43. The Morgan fingerprint density at radius 2 is 1.90 bits per heavy atom. The van der Waals surface area contributed by atoms with Gasteiger partial charge >= 0.3 is 0 Å². The molecule has 2 aromatic rings. The largest absolute Gasteiger partial charge is 0.320 e. The average molecular weight is 348 g/mol. The van der Waals surface area contributed by atoms with Crippen LogP contribution >= 0.6 is 15.9 Å². The van der Waals surface area contributed by atoms with Gasteiger partial charge in [0, 0.05) is 35.6 Å². The summed E-state index contributed by atoms with van der Waals surface area (Å²) in [6.45, 7) is 6.05. The van der Waals surface area contributed by atoms with E-state index >= 15 is 0 Å². The first-order chi connectivity index (χ1) is 10.0. The summed E-state index contributed by atoms with van der Waals surface area (Å²) in [7, 11) is 0. The monoisotopic (exact) mass is 347 g/mol. The Labute approximate surface area is 134 Å². The summed E-state index contributed by atoms with van der Waals surface area (Å²) in [5.74, 6) is -0.0151. The molecule has 21 heavy (non-hydrogen) atoms. The fraction of sp³-hybridized carbons (Fsp3) is 0.294. The van der Waals surface area contributed by atoms with Gasteiger partial charge < -0.3 is 5.32 Å². The van der Waals surface area contributed by atoms with E-state index in [0.29, 0.717) is 0 Å². The van der Waals surface area contributed by atoms with E-state index < -0.39 is 0 Å². The number of benzene rings is 1. The molecule has 0 bridgehead atoms. The van der Waals surface area contributed by atoms with E-state index in [1.54, 1.807) is 0 Å². The van der Waals surface area contributed by atoms with Gasteiger partial charge in [0.25, 0.3) is 5.91 Å². The highest BCUT2D eigenvalue weighted by atomic mass is 79.9. The van der Waals surface area contributed by atoms with Crippen LogP contribution in [0.1, 0.15) is 31.1 Å². The predicted octanol–water partition coefficient (Wildman–Crippen LogP) is 3.81. The van der Waals surface area contributed by atoms with E-state index in [1.165, 1.54) is 5.56 Å². The van der Waals surface area contributed by atoms with Gasteiger partial charge in [0.15, 0.2) is 11.9 Å². The lowest BCUT2D eigenvalue weighted by Crippen LogP contribution is -2.47. The number of carbonyl (C=O) groups is 1. The van der Waals surface area contributed by atoms with E-state index in [0.717, 1.165) is 22.3 Å². The maximum atomic E-state index is 12.4. The molecule has 110 valence electrons. The maximum absolute atomic E-state index is 12.4. The Bertz CT molecular complexity index is 638. The second-order valence-corrected chi connectivity index (χ2v) is 6.03. The summed E-state index contributed by atoms with van der Waals surface area (Å²) in [4.78, 5) is 12.4. The zero-order valence-electron chi connectivity index (χ0n) is 12.6. The molecule has 2 rings (SSSR count). The normalized spacial score (nSPS) is 12.0. The number of amides is 1. The number of halogens is 1. The first-order valence-electron chi connectivity index (χ1n) is 7.08. The van der Waals surface area contributed by atoms with Crippen molar-refractivity contribution in [1.29, 1.82) is 0 Å². The Hall–Kier alpha value is -1.68. The minimum absolute atomic E-state index is 0.0151. The molecule has 1 atom stereocenters. The molecule has 3 nitrogen and oxygen atoms in total. The van der Waals surface area contributed by atoms with Gasteiger partial charge in [-0.15, -0.1) is 0 Å². The lowest BCUT2D eigenvalue weighted by atomic mass is 10.2. The molecule has 0 spiro atoms. The molecule has 0 unspecified atom stereocenters. The van der Waals surface area contributed by atoms with Crippen molar-refractivity contribution in [2.45, 2.75) is 33.2 Å². The van der Waals surface area contributed by atoms with Crippen molar-refractivity contribution < 1.29 is 9.36 Å². The SMILES string of the molecule is CCc1ccc(C)[n+]([C@H](C)C(=O)Nc2ccc(Br)cc2)c1. The highest BCUT2D eigenvalue weighted by Crippen LogP contribution is 2.15. The highest BCUT2D eigenvalue weighted by Gasteiger charge is 2.24. The number of aromatic nitrogens is 1. The molecule has 4 heteroatoms. The van der Waals surface area contributed by atoms with Crippen molar-refractivity contribution in [3.8, 4) is 0 Å². The van der Waals surface area contributed by atoms with Gasteiger partial charge in [-0.2, -0.15) is 4.57 Å². The van der Waals surface area contributed by atoms with Crippen LogP contribution in [0.5, 0.6) is 0 Å². The second-order valence-electron chi connectivity index (χ2n) is 5.11. The number of carbonyl (C=O) groups excluding carboxylic acids is 1. The van der Waals surface area contributed by atoms with E-state index in [-0.39, 0.29) is 11.9 Å². The van der Waals surface area contributed by atoms with Gasteiger partial charge in [-0.25, -0.2) is 0 Å². The van der Waals surface area contributed by atoms with Gasteiger partial charge in [-0.1, -0.05) is 22.9 Å². The zero-order chi connectivity index (χ0) is 15.4. The molecular weight excluding hydrogens is 328 g/mol. The molecule has 1 heterocycles. The topological polar surface area (TPSA) is 33.0 Å². The van der Waals surface area contributed by atoms with Crippen molar-refractivity contribution >= 4 is 27.5 Å². The molecule has 0 saturated heterocycles. The number of hydrogen-bond acceptors (Lipinski definition) is 1. The van der Waals surface area contributed by atoms with Crippen molar-refractivity contribution in [3.63, 3.8) is 0 Å². The third-order valence-corrected chi connectivity index (χ3v) is 4.10. The summed E-state index contributed by atoms with van der Waals surface area (Å²) in [5, 5.41) is 2.95. The molecule has 0 saturated carbocycles. The van der Waals surface area contributed by atoms with Crippen LogP contribution < -0.4 is 9.88 Å². The van der Waals surface area contributed by atoms with Gasteiger partial charge in [-0.05, 0) is 36.8 Å². The Morgan fingerprint density at radius 1 is 1.24 bits per heavy atom. The average Bonchev–Trinajstić information content (AvgIpc) is 2.49. The van der Waals surface area contributed by atoms with Gasteiger partial charge in [-0.3, -0.25) is 4.79 Å². The van der Waals surface area contributed by atoms with Crippen LogP contribution in [-0.4, -0.2) is 5.91 Å². The summed E-state index contributed by atoms with van der Waals surface area (Å²) in [5.41, 5.74) is 3.11. The first-order valence-corrected chi connectivity index (χ1v) is 7.87. The Balaban J connectivity index is 2.17. The van der Waals surface area contributed by atoms with E-state index in [2.05, 4.69) is 46.5 Å². The smallest absolute Gasteiger partial charge is 0.293 e. The van der Waals surface area contributed by atoms with E-state index in [1.807, 2.05) is 42.7 Å². The molecule has 0 aliphatic heterocycles. The van der Waals surface area contributed by atoms with Gasteiger partial charge in [0.2, 0.25) is 6.04 Å². The Morgan fingerprint density at radius 3 is 2.52 bits per heavy atom. The molecule has 0 fully saturated rings.